The van der Waals surface area contributed by atoms with Gasteiger partial charge in [0.1, 0.15) is 11.2 Å². The summed E-state index contributed by atoms with van der Waals surface area (Å²) < 4.78 is 279. The van der Waals surface area contributed by atoms with Crippen molar-refractivity contribution in [2.75, 3.05) is 0 Å². The number of benzene rings is 8. The zero-order valence-electron chi connectivity index (χ0n) is 52.9. The van der Waals surface area contributed by atoms with Crippen LogP contribution in [0.3, 0.4) is 0 Å². The van der Waals surface area contributed by atoms with Gasteiger partial charge in [-0.2, -0.15) is 0 Å². The van der Waals surface area contributed by atoms with Crippen LogP contribution in [-0.2, 0) is 5.41 Å². The molecule has 0 aliphatic heterocycles. The van der Waals surface area contributed by atoms with Crippen molar-refractivity contribution in [1.29, 1.82) is 0 Å². The lowest BCUT2D eigenvalue weighted by atomic mass is 9.77. The smallest absolute Gasteiger partial charge is 0.143 e. The summed E-state index contributed by atoms with van der Waals surface area (Å²) in [6.07, 6.45) is 0. The van der Waals surface area contributed by atoms with Crippen molar-refractivity contribution in [3.05, 3.63) is 156 Å². The molecule has 1 heteroatoms. The molecule has 10 rings (SSSR count). The maximum atomic E-state index is 9.88. The molecule has 1 aromatic heterocycles. The molecule has 9 aromatic rings. The van der Waals surface area contributed by atoms with E-state index in [1.54, 1.807) is 0 Å². The fraction of sp³-hybridized carbons (Fsp3) is 0.0667. The minimum absolute atomic E-state index is 0.458. The van der Waals surface area contributed by atoms with Crippen molar-refractivity contribution in [2.24, 2.45) is 0 Å². The number of hydrogen-bond donors (Lipinski definition) is 0. The van der Waals surface area contributed by atoms with E-state index in [-0.39, 0.29) is 0 Å². The van der Waals surface area contributed by atoms with Gasteiger partial charge in [-0.05, 0) is 89.6 Å². The van der Waals surface area contributed by atoms with Crippen LogP contribution in [0.2, 0.25) is 0 Å². The molecule has 0 saturated heterocycles. The second kappa shape index (κ2) is 9.19. The topological polar surface area (TPSA) is 13.1 Å². The van der Waals surface area contributed by atoms with Gasteiger partial charge < -0.3 is 4.42 Å². The Bertz CT molecular complexity index is 4200. The first-order valence-corrected chi connectivity index (χ1v) is 13.7. The number of fused-ring (bicyclic) bond motifs is 10. The summed E-state index contributed by atoms with van der Waals surface area (Å²) in [5, 5.41) is -5.69. The Morgan fingerprint density at radius 3 is 1.89 bits per heavy atom. The van der Waals surface area contributed by atoms with Crippen LogP contribution < -0.4 is 0 Å². The summed E-state index contributed by atoms with van der Waals surface area (Å²) >= 11 is 0. The molecule has 1 aliphatic rings. The van der Waals surface area contributed by atoms with Crippen molar-refractivity contribution in [3.8, 4) is 33.4 Å². The summed E-state index contributed by atoms with van der Waals surface area (Å²) in [6, 6.07) is -24.7. The lowest BCUT2D eigenvalue weighted by Crippen LogP contribution is -2.16. The van der Waals surface area contributed by atoms with E-state index >= 15 is 0 Å². The highest BCUT2D eigenvalue weighted by molar-refractivity contribution is 6.23. The van der Waals surface area contributed by atoms with Crippen molar-refractivity contribution in [3.63, 3.8) is 0 Å². The number of furan rings is 1. The van der Waals surface area contributed by atoms with Crippen molar-refractivity contribution >= 4 is 54.3 Å². The van der Waals surface area contributed by atoms with Crippen LogP contribution in [0.15, 0.2) is 149 Å². The van der Waals surface area contributed by atoms with E-state index in [0.29, 0.717) is 0 Å². The van der Waals surface area contributed by atoms with Gasteiger partial charge in [-0.25, -0.2) is 0 Å². The van der Waals surface area contributed by atoms with Crippen molar-refractivity contribution < 1.29 is 45.5 Å². The lowest BCUT2D eigenvalue weighted by molar-refractivity contribution is 0.662. The molecule has 0 saturated carbocycles. The molecular formula is C45H30O. The predicted molar refractivity (Wildman–Crippen MR) is 195 cm³/mol. The van der Waals surface area contributed by atoms with Crippen LogP contribution in [0.5, 0.6) is 0 Å². The maximum absolute atomic E-state index is 9.88. The van der Waals surface area contributed by atoms with Gasteiger partial charge in [0.25, 0.3) is 0 Å². The van der Waals surface area contributed by atoms with E-state index in [9.17, 15) is 13.7 Å². The summed E-state index contributed by atoms with van der Waals surface area (Å²) in [7, 11) is 0. The van der Waals surface area contributed by atoms with Crippen LogP contribution >= 0.6 is 0 Å². The van der Waals surface area contributed by atoms with Crippen LogP contribution in [0.25, 0.3) is 87.6 Å². The van der Waals surface area contributed by atoms with Gasteiger partial charge in [-0.15, -0.1) is 0 Å². The molecule has 0 unspecified atom stereocenters. The van der Waals surface area contributed by atoms with E-state index in [2.05, 4.69) is 0 Å². The average molecular weight is 617 g/mol. The third-order valence-electron chi connectivity index (χ3n) is 8.12. The first-order chi connectivity index (χ1) is 35.1. The Hall–Kier alpha value is -5.66. The normalized spacial score (nSPS) is 23.4. The van der Waals surface area contributed by atoms with E-state index in [4.69, 9.17) is 31.8 Å². The molecule has 0 N–H and O–H groups in total. The van der Waals surface area contributed by atoms with Gasteiger partial charge in [0.2, 0.25) is 0 Å². The SMILES string of the molecule is [2H]c1c([2H])c([2H])c2c(c1[2H])-c1c([2H])c([2H])c([2H])c(-c3c4c([2H])c([2H])c([2H])c([2H])c4c(-c4c([2H])c([2H])c5oc6c7c([2H])c([2H])c([2H])c([2H])c7c([2H])c([2H])c6c5c4[2H])c4c([2H])c([2H])c([2H])c([2H])c34)c1C2(C([2H])([2H])[2H])C([2H])([2H])[2H]. The monoisotopic (exact) mass is 616 g/mol. The standard InChI is InChI=1S/C45H30O/c1-45(2)39-21-10-9-14-30(39)35-19-11-20-37(43(35)45)42-33-17-7-5-15-31(33)41(32-16-6-8-18-34(32)42)28-23-25-40-38(26-28)36-24-22-27-12-3-4-13-29(27)44(36)46-40/h3-26H,1-2H3/i1D3,2D3,3D,4D,5D,6D,7D,8D,9D,10D,11D,12D,13D,14D,15D,16D,17D,18D,19D,20D,21D,22D,23D,24D,25D,26D. The van der Waals surface area contributed by atoms with Crippen LogP contribution in [0.4, 0.5) is 0 Å². The van der Waals surface area contributed by atoms with Crippen LogP contribution in [-0.4, -0.2) is 0 Å². The second-order valence-corrected chi connectivity index (χ2v) is 10.5. The fourth-order valence-corrected chi connectivity index (χ4v) is 6.22. The summed E-state index contributed by atoms with van der Waals surface area (Å²) in [5.41, 5.74) is -12.9. The molecule has 1 nitrogen and oxygen atoms in total. The Morgan fingerprint density at radius 2 is 1.13 bits per heavy atom. The van der Waals surface area contributed by atoms with Crippen LogP contribution in [0, 0.1) is 0 Å². The molecule has 1 aliphatic carbocycles. The van der Waals surface area contributed by atoms with Gasteiger partial charge >= 0.3 is 0 Å². The molecule has 0 radical (unpaired) electrons. The molecule has 46 heavy (non-hydrogen) atoms. The third kappa shape index (κ3) is 3.35. The first kappa shape index (κ1) is 9.92. The average Bonchev–Trinajstić information content (AvgIpc) is 3.93. The Morgan fingerprint density at radius 1 is 0.500 bits per heavy atom. The molecular weight excluding hydrogens is 556 g/mol. The minimum Gasteiger partial charge on any atom is -0.455 e. The van der Waals surface area contributed by atoms with Gasteiger partial charge in [0, 0.05) is 29.8 Å². The van der Waals surface area contributed by atoms with Crippen molar-refractivity contribution in [2.45, 2.75) is 19.1 Å². The maximum Gasteiger partial charge on any atom is 0.143 e. The zero-order chi connectivity index (χ0) is 56.5. The highest BCUT2D eigenvalue weighted by Crippen LogP contribution is 2.54. The molecule has 0 bridgehead atoms. The molecule has 216 valence electrons. The molecule has 0 atom stereocenters. The van der Waals surface area contributed by atoms with E-state index in [0.717, 1.165) is 0 Å². The highest BCUT2D eigenvalue weighted by atomic mass is 16.3. The quantitative estimate of drug-likeness (QED) is 0.176. The van der Waals surface area contributed by atoms with Crippen LogP contribution in [0.1, 0.15) is 66.0 Å². The molecule has 8 aromatic carbocycles. The molecule has 0 fully saturated rings. The predicted octanol–water partition coefficient (Wildman–Crippen LogP) is 12.7. The van der Waals surface area contributed by atoms with E-state index in [1.807, 2.05) is 0 Å². The third-order valence-corrected chi connectivity index (χ3v) is 8.12. The van der Waals surface area contributed by atoms with E-state index in [1.165, 1.54) is 0 Å². The Kier molecular flexibility index (Phi) is 1.98. The highest BCUT2D eigenvalue weighted by Gasteiger charge is 2.37. The van der Waals surface area contributed by atoms with Gasteiger partial charge in [-0.3, -0.25) is 0 Å². The lowest BCUT2D eigenvalue weighted by Gasteiger charge is -2.26. The van der Waals surface area contributed by atoms with Gasteiger partial charge in [0.15, 0.2) is 0 Å². The molecule has 0 amide bonds. The minimum atomic E-state index is -4.00. The van der Waals surface area contributed by atoms with Gasteiger partial charge in [-0.1, -0.05) is 141 Å². The molecule has 1 heterocycles. The Labute approximate surface area is 309 Å². The first-order valence-electron chi connectivity index (χ1n) is 28.7. The number of hydrogen-bond acceptors (Lipinski definition) is 1. The molecule has 0 spiro atoms. The number of rotatable bonds is 2. The second-order valence-electron chi connectivity index (χ2n) is 10.5. The summed E-state index contributed by atoms with van der Waals surface area (Å²) in [6.45, 7) is -8.00. The van der Waals surface area contributed by atoms with E-state index < -0.39 is 263 Å². The Balaban J connectivity index is 1.56. The summed E-state index contributed by atoms with van der Waals surface area (Å²) in [5.74, 6) is 0. The largest absolute Gasteiger partial charge is 0.455 e. The fourth-order valence-electron chi connectivity index (χ4n) is 6.22. The summed E-state index contributed by atoms with van der Waals surface area (Å²) in [4.78, 5) is 0. The van der Waals surface area contributed by atoms with Crippen molar-refractivity contribution in [1.82, 2.24) is 0 Å². The van der Waals surface area contributed by atoms with Gasteiger partial charge in [0.05, 0.1) is 32.9 Å². The zero-order valence-corrected chi connectivity index (χ0v) is 22.9.